The van der Waals surface area contributed by atoms with E-state index in [-0.39, 0.29) is 0 Å². The standard InChI is InChI=1S/C17H17ClN2O3/c1-10-4-6-13(11(2)8-10)19-16(21)17(22)20-14-9-12(18)5-7-15(14)23-3/h4-9H,1-3H3,(H,19,21)(H,20,22). The molecule has 0 fully saturated rings. The maximum absolute atomic E-state index is 12.1. The number of methoxy groups -OCH3 is 1. The molecule has 0 aliphatic carbocycles. The zero-order valence-electron chi connectivity index (χ0n) is 13.1. The normalized spacial score (nSPS) is 10.1. The Morgan fingerprint density at radius 3 is 2.22 bits per heavy atom. The second-order valence-electron chi connectivity index (χ2n) is 5.07. The van der Waals surface area contributed by atoms with Crippen molar-refractivity contribution >= 4 is 34.8 Å². The third-order valence-electron chi connectivity index (χ3n) is 3.25. The monoisotopic (exact) mass is 332 g/mol. The first kappa shape index (κ1) is 16.8. The highest BCUT2D eigenvalue weighted by Gasteiger charge is 2.17. The molecule has 0 bridgehead atoms. The second kappa shape index (κ2) is 7.15. The molecule has 0 radical (unpaired) electrons. The minimum atomic E-state index is -0.800. The Balaban J connectivity index is 2.11. The molecule has 0 saturated carbocycles. The molecule has 0 saturated heterocycles. The van der Waals surface area contributed by atoms with Crippen LogP contribution >= 0.6 is 11.6 Å². The predicted octanol–water partition coefficient (Wildman–Crippen LogP) is 3.54. The van der Waals surface area contributed by atoms with E-state index in [2.05, 4.69) is 10.6 Å². The van der Waals surface area contributed by atoms with Crippen molar-refractivity contribution in [1.82, 2.24) is 0 Å². The van der Waals surface area contributed by atoms with Crippen LogP contribution in [0.4, 0.5) is 11.4 Å². The van der Waals surface area contributed by atoms with Crippen LogP contribution in [0.15, 0.2) is 36.4 Å². The Morgan fingerprint density at radius 2 is 1.61 bits per heavy atom. The van der Waals surface area contributed by atoms with Crippen LogP contribution in [0.25, 0.3) is 0 Å². The van der Waals surface area contributed by atoms with Crippen molar-refractivity contribution in [1.29, 1.82) is 0 Å². The average molecular weight is 333 g/mol. The first-order valence-corrected chi connectivity index (χ1v) is 7.31. The van der Waals surface area contributed by atoms with Crippen molar-refractivity contribution in [3.63, 3.8) is 0 Å². The maximum Gasteiger partial charge on any atom is 0.314 e. The summed E-state index contributed by atoms with van der Waals surface area (Å²) in [5, 5.41) is 5.50. The van der Waals surface area contributed by atoms with Gasteiger partial charge >= 0.3 is 11.8 Å². The van der Waals surface area contributed by atoms with Gasteiger partial charge in [-0.3, -0.25) is 9.59 Å². The molecule has 0 aromatic heterocycles. The molecule has 6 heteroatoms. The van der Waals surface area contributed by atoms with Gasteiger partial charge in [0.05, 0.1) is 12.8 Å². The summed E-state index contributed by atoms with van der Waals surface area (Å²) in [6.45, 7) is 3.82. The number of amides is 2. The van der Waals surface area contributed by atoms with Gasteiger partial charge in [0.15, 0.2) is 0 Å². The number of ether oxygens (including phenoxy) is 1. The third kappa shape index (κ3) is 4.23. The first-order chi connectivity index (χ1) is 10.9. The molecular weight excluding hydrogens is 316 g/mol. The fourth-order valence-corrected chi connectivity index (χ4v) is 2.26. The van der Waals surface area contributed by atoms with Gasteiger partial charge in [-0.1, -0.05) is 29.3 Å². The van der Waals surface area contributed by atoms with Crippen molar-refractivity contribution in [3.05, 3.63) is 52.5 Å². The molecule has 0 heterocycles. The van der Waals surface area contributed by atoms with Gasteiger partial charge < -0.3 is 15.4 Å². The van der Waals surface area contributed by atoms with Crippen LogP contribution in [0.1, 0.15) is 11.1 Å². The van der Waals surface area contributed by atoms with E-state index in [4.69, 9.17) is 16.3 Å². The lowest BCUT2D eigenvalue weighted by atomic mass is 10.1. The van der Waals surface area contributed by atoms with E-state index in [1.54, 1.807) is 18.2 Å². The zero-order valence-corrected chi connectivity index (χ0v) is 13.8. The third-order valence-corrected chi connectivity index (χ3v) is 3.48. The number of nitrogens with one attached hydrogen (secondary N) is 2. The molecular formula is C17H17ClN2O3. The molecule has 0 spiro atoms. The lowest BCUT2D eigenvalue weighted by Gasteiger charge is -2.11. The van der Waals surface area contributed by atoms with Crippen molar-refractivity contribution in [3.8, 4) is 5.75 Å². The molecule has 0 aliphatic rings. The number of hydrogen-bond acceptors (Lipinski definition) is 3. The van der Waals surface area contributed by atoms with Gasteiger partial charge in [-0.25, -0.2) is 0 Å². The first-order valence-electron chi connectivity index (χ1n) is 6.94. The number of aryl methyl sites for hydroxylation is 2. The lowest BCUT2D eigenvalue weighted by Crippen LogP contribution is -2.29. The predicted molar refractivity (Wildman–Crippen MR) is 91.2 cm³/mol. The maximum atomic E-state index is 12.1. The molecule has 0 aliphatic heterocycles. The highest BCUT2D eigenvalue weighted by atomic mass is 35.5. The van der Waals surface area contributed by atoms with Gasteiger partial charge in [-0.15, -0.1) is 0 Å². The second-order valence-corrected chi connectivity index (χ2v) is 5.51. The largest absolute Gasteiger partial charge is 0.495 e. The Kier molecular flexibility index (Phi) is 5.24. The molecule has 2 aromatic carbocycles. The van der Waals surface area contributed by atoms with Crippen LogP contribution in [0, 0.1) is 13.8 Å². The molecule has 0 unspecified atom stereocenters. The summed E-state index contributed by atoms with van der Waals surface area (Å²) in [5.74, 6) is -1.15. The van der Waals surface area contributed by atoms with Gasteiger partial charge in [0, 0.05) is 10.7 Å². The van der Waals surface area contributed by atoms with Crippen LogP contribution in [-0.2, 0) is 9.59 Å². The summed E-state index contributed by atoms with van der Waals surface area (Å²) < 4.78 is 5.13. The summed E-state index contributed by atoms with van der Waals surface area (Å²) in [4.78, 5) is 24.1. The molecule has 5 nitrogen and oxygen atoms in total. The SMILES string of the molecule is COc1ccc(Cl)cc1NC(=O)C(=O)Nc1ccc(C)cc1C. The Bertz CT molecular complexity index is 759. The molecule has 2 N–H and O–H groups in total. The van der Waals surface area contributed by atoms with Crippen LogP contribution in [0.3, 0.4) is 0 Å². The average Bonchev–Trinajstić information content (AvgIpc) is 2.50. The van der Waals surface area contributed by atoms with Crippen LogP contribution in [0.5, 0.6) is 5.75 Å². The number of carbonyl (C=O) groups is 2. The van der Waals surface area contributed by atoms with Crippen molar-refractivity contribution in [2.45, 2.75) is 13.8 Å². The molecule has 23 heavy (non-hydrogen) atoms. The molecule has 120 valence electrons. The zero-order chi connectivity index (χ0) is 17.0. The molecule has 0 atom stereocenters. The van der Waals surface area contributed by atoms with Crippen molar-refractivity contribution in [2.24, 2.45) is 0 Å². The van der Waals surface area contributed by atoms with Crippen LogP contribution < -0.4 is 15.4 Å². The molecule has 2 rings (SSSR count). The van der Waals surface area contributed by atoms with Gasteiger partial charge in [0.1, 0.15) is 5.75 Å². The molecule has 2 aromatic rings. The van der Waals surface area contributed by atoms with Crippen molar-refractivity contribution in [2.75, 3.05) is 17.7 Å². The van der Waals surface area contributed by atoms with Crippen LogP contribution in [-0.4, -0.2) is 18.9 Å². The fourth-order valence-electron chi connectivity index (χ4n) is 2.09. The van der Waals surface area contributed by atoms with Gasteiger partial charge in [-0.05, 0) is 43.7 Å². The Labute approximate surface area is 139 Å². The number of halogens is 1. The van der Waals surface area contributed by atoms with Gasteiger partial charge in [-0.2, -0.15) is 0 Å². The van der Waals surface area contributed by atoms with Crippen LogP contribution in [0.2, 0.25) is 5.02 Å². The van der Waals surface area contributed by atoms with E-state index in [0.717, 1.165) is 11.1 Å². The van der Waals surface area contributed by atoms with Gasteiger partial charge in [0.25, 0.3) is 0 Å². The van der Waals surface area contributed by atoms with E-state index >= 15 is 0 Å². The minimum absolute atomic E-state index is 0.334. The number of anilines is 2. The van der Waals surface area contributed by atoms with E-state index in [9.17, 15) is 9.59 Å². The fraction of sp³-hybridized carbons (Fsp3) is 0.176. The smallest absolute Gasteiger partial charge is 0.314 e. The summed E-state index contributed by atoms with van der Waals surface area (Å²) in [7, 11) is 1.47. The minimum Gasteiger partial charge on any atom is -0.495 e. The number of benzene rings is 2. The number of hydrogen-bond donors (Lipinski definition) is 2. The highest BCUT2D eigenvalue weighted by molar-refractivity contribution is 6.44. The quantitative estimate of drug-likeness (QED) is 0.845. The molecule has 2 amide bonds. The lowest BCUT2D eigenvalue weighted by molar-refractivity contribution is -0.133. The van der Waals surface area contributed by atoms with E-state index < -0.39 is 11.8 Å². The Hall–Kier alpha value is -2.53. The summed E-state index contributed by atoms with van der Waals surface area (Å²) >= 11 is 5.89. The van der Waals surface area contributed by atoms with E-state index in [1.807, 2.05) is 26.0 Å². The van der Waals surface area contributed by atoms with E-state index in [1.165, 1.54) is 13.2 Å². The number of carbonyl (C=O) groups excluding carboxylic acids is 2. The summed E-state index contributed by atoms with van der Waals surface area (Å²) in [6, 6.07) is 10.3. The van der Waals surface area contributed by atoms with E-state index in [0.29, 0.717) is 22.1 Å². The summed E-state index contributed by atoms with van der Waals surface area (Å²) in [6.07, 6.45) is 0. The topological polar surface area (TPSA) is 67.4 Å². The highest BCUT2D eigenvalue weighted by Crippen LogP contribution is 2.27. The van der Waals surface area contributed by atoms with Crippen molar-refractivity contribution < 1.29 is 14.3 Å². The van der Waals surface area contributed by atoms with Gasteiger partial charge in [0.2, 0.25) is 0 Å². The Morgan fingerprint density at radius 1 is 0.957 bits per heavy atom. The summed E-state index contributed by atoms with van der Waals surface area (Å²) in [5.41, 5.74) is 2.88. The number of rotatable bonds is 3.